The maximum atomic E-state index is 9.40. The van der Waals surface area contributed by atoms with E-state index in [0.29, 0.717) is 13.1 Å². The van der Waals surface area contributed by atoms with Crippen molar-refractivity contribution in [2.45, 2.75) is 26.6 Å². The number of ether oxygens (including phenoxy) is 1. The highest BCUT2D eigenvalue weighted by Gasteiger charge is 2.03. The molecule has 0 fully saturated rings. The van der Waals surface area contributed by atoms with Gasteiger partial charge < -0.3 is 20.5 Å². The number of benzene rings is 2. The van der Waals surface area contributed by atoms with Crippen LogP contribution in [-0.4, -0.2) is 24.7 Å². The largest absolute Gasteiger partial charge is 0.497 e. The molecule has 0 aromatic heterocycles. The second-order valence-corrected chi connectivity index (χ2v) is 5.33. The lowest BCUT2D eigenvalue weighted by atomic mass is 10.1. The molecule has 2 aromatic rings. The number of hydrogen-bond donors (Lipinski definition) is 3. The van der Waals surface area contributed by atoms with Crippen molar-refractivity contribution in [2.75, 3.05) is 13.7 Å². The summed E-state index contributed by atoms with van der Waals surface area (Å²) in [5.74, 6) is 1.57. The number of aliphatic hydroxyl groups excluding tert-OH is 1. The zero-order chi connectivity index (χ0) is 17.2. The first kappa shape index (κ1) is 17.8. The molecule has 0 unspecified atom stereocenters. The van der Waals surface area contributed by atoms with E-state index in [1.165, 1.54) is 0 Å². The van der Waals surface area contributed by atoms with Gasteiger partial charge >= 0.3 is 0 Å². The summed E-state index contributed by atoms with van der Waals surface area (Å²) in [5, 5.41) is 15.9. The maximum Gasteiger partial charge on any atom is 0.191 e. The van der Waals surface area contributed by atoms with Crippen molar-refractivity contribution in [1.82, 2.24) is 10.6 Å². The van der Waals surface area contributed by atoms with E-state index in [1.807, 2.05) is 55.5 Å². The summed E-state index contributed by atoms with van der Waals surface area (Å²) in [7, 11) is 1.66. The van der Waals surface area contributed by atoms with Crippen LogP contribution in [0.4, 0.5) is 0 Å². The van der Waals surface area contributed by atoms with E-state index in [2.05, 4.69) is 15.6 Å². The Hall–Kier alpha value is -2.53. The molecule has 5 heteroatoms. The van der Waals surface area contributed by atoms with Crippen LogP contribution in [0.2, 0.25) is 0 Å². The van der Waals surface area contributed by atoms with Gasteiger partial charge in [-0.15, -0.1) is 0 Å². The first-order valence-electron chi connectivity index (χ1n) is 8.09. The molecule has 128 valence electrons. The molecule has 0 spiro atoms. The highest BCUT2D eigenvalue weighted by atomic mass is 16.5. The summed E-state index contributed by atoms with van der Waals surface area (Å²) in [6.07, 6.45) is 0. The fourth-order valence-electron chi connectivity index (χ4n) is 2.35. The third-order valence-electron chi connectivity index (χ3n) is 3.63. The van der Waals surface area contributed by atoms with Gasteiger partial charge in [0.1, 0.15) is 5.75 Å². The lowest BCUT2D eigenvalue weighted by Gasteiger charge is -2.13. The molecule has 0 amide bonds. The molecule has 5 nitrogen and oxygen atoms in total. The average molecular weight is 327 g/mol. The molecule has 0 aliphatic rings. The van der Waals surface area contributed by atoms with Gasteiger partial charge in [-0.2, -0.15) is 0 Å². The summed E-state index contributed by atoms with van der Waals surface area (Å²) in [4.78, 5) is 4.61. The zero-order valence-electron chi connectivity index (χ0n) is 14.2. The van der Waals surface area contributed by atoms with Crippen molar-refractivity contribution in [2.24, 2.45) is 4.99 Å². The van der Waals surface area contributed by atoms with Gasteiger partial charge in [0.25, 0.3) is 0 Å². The summed E-state index contributed by atoms with van der Waals surface area (Å²) in [6.45, 7) is 4.03. The van der Waals surface area contributed by atoms with Crippen molar-refractivity contribution in [3.63, 3.8) is 0 Å². The van der Waals surface area contributed by atoms with Crippen LogP contribution in [0.3, 0.4) is 0 Å². The van der Waals surface area contributed by atoms with Crippen LogP contribution in [0.15, 0.2) is 53.5 Å². The third-order valence-corrected chi connectivity index (χ3v) is 3.63. The monoisotopic (exact) mass is 327 g/mol. The van der Waals surface area contributed by atoms with Crippen LogP contribution in [0.1, 0.15) is 23.6 Å². The predicted molar refractivity (Wildman–Crippen MR) is 97.0 cm³/mol. The first-order valence-corrected chi connectivity index (χ1v) is 8.09. The number of methoxy groups -OCH3 is 1. The van der Waals surface area contributed by atoms with Crippen molar-refractivity contribution in [3.8, 4) is 5.75 Å². The molecule has 2 aromatic carbocycles. The molecule has 0 aliphatic carbocycles. The number of nitrogens with one attached hydrogen (secondary N) is 2. The Morgan fingerprint density at radius 1 is 1.08 bits per heavy atom. The smallest absolute Gasteiger partial charge is 0.191 e. The van der Waals surface area contributed by atoms with Gasteiger partial charge in [-0.3, -0.25) is 0 Å². The second-order valence-electron chi connectivity index (χ2n) is 5.33. The van der Waals surface area contributed by atoms with E-state index in [1.54, 1.807) is 7.11 Å². The van der Waals surface area contributed by atoms with Gasteiger partial charge in [0.15, 0.2) is 5.96 Å². The molecule has 3 N–H and O–H groups in total. The highest BCUT2D eigenvalue weighted by molar-refractivity contribution is 5.79. The van der Waals surface area contributed by atoms with E-state index in [-0.39, 0.29) is 6.61 Å². The Morgan fingerprint density at radius 2 is 1.88 bits per heavy atom. The van der Waals surface area contributed by atoms with Crippen LogP contribution >= 0.6 is 0 Å². The molecule has 24 heavy (non-hydrogen) atoms. The summed E-state index contributed by atoms with van der Waals surface area (Å²) in [6, 6.07) is 15.7. The van der Waals surface area contributed by atoms with E-state index in [9.17, 15) is 5.11 Å². The lowest BCUT2D eigenvalue weighted by molar-refractivity contribution is 0.280. The first-order chi connectivity index (χ1) is 11.8. The van der Waals surface area contributed by atoms with Gasteiger partial charge in [0, 0.05) is 13.1 Å². The topological polar surface area (TPSA) is 65.9 Å². The van der Waals surface area contributed by atoms with E-state index >= 15 is 0 Å². The standard InChI is InChI=1S/C19H25N3O2/c1-3-20-19(21-12-15-7-6-10-18(11-15)24-2)22-13-16-8-4-5-9-17(16)14-23/h4-11,23H,3,12-14H2,1-2H3,(H2,20,21,22). The lowest BCUT2D eigenvalue weighted by Crippen LogP contribution is -2.37. The van der Waals surface area contributed by atoms with E-state index in [0.717, 1.165) is 34.9 Å². The van der Waals surface area contributed by atoms with Crippen molar-refractivity contribution >= 4 is 5.96 Å². The minimum absolute atomic E-state index is 0.0370. The Balaban J connectivity index is 2.02. The SMILES string of the molecule is CCNC(=NCc1cccc(OC)c1)NCc1ccccc1CO. The van der Waals surface area contributed by atoms with Crippen molar-refractivity contribution in [1.29, 1.82) is 0 Å². The molecule has 0 aliphatic heterocycles. The molecule has 0 saturated carbocycles. The van der Waals surface area contributed by atoms with Crippen molar-refractivity contribution in [3.05, 3.63) is 65.2 Å². The van der Waals surface area contributed by atoms with Crippen LogP contribution in [-0.2, 0) is 19.7 Å². The summed E-state index contributed by atoms with van der Waals surface area (Å²) < 4.78 is 5.24. The van der Waals surface area contributed by atoms with Crippen molar-refractivity contribution < 1.29 is 9.84 Å². The molecule has 0 saturated heterocycles. The Kier molecular flexibility index (Phi) is 7.11. The quantitative estimate of drug-likeness (QED) is 0.540. The molecule has 0 bridgehead atoms. The molecule has 2 rings (SSSR count). The maximum absolute atomic E-state index is 9.40. The number of aliphatic imine (C=N–C) groups is 1. The molecule has 0 heterocycles. The Bertz CT molecular complexity index is 671. The van der Waals surface area contributed by atoms with Gasteiger partial charge in [-0.05, 0) is 35.7 Å². The van der Waals surface area contributed by atoms with E-state index < -0.39 is 0 Å². The fourth-order valence-corrected chi connectivity index (χ4v) is 2.35. The minimum Gasteiger partial charge on any atom is -0.497 e. The molecular weight excluding hydrogens is 302 g/mol. The third kappa shape index (κ3) is 5.28. The van der Waals surface area contributed by atoms with Gasteiger partial charge in [0.2, 0.25) is 0 Å². The van der Waals surface area contributed by atoms with Crippen LogP contribution < -0.4 is 15.4 Å². The summed E-state index contributed by atoms with van der Waals surface area (Å²) in [5.41, 5.74) is 3.07. The highest BCUT2D eigenvalue weighted by Crippen LogP contribution is 2.13. The molecule has 0 atom stereocenters. The number of hydrogen-bond acceptors (Lipinski definition) is 3. The number of aliphatic hydroxyl groups is 1. The van der Waals surface area contributed by atoms with Crippen LogP contribution in [0.5, 0.6) is 5.75 Å². The van der Waals surface area contributed by atoms with E-state index in [4.69, 9.17) is 4.74 Å². The number of rotatable bonds is 7. The normalized spacial score (nSPS) is 11.2. The number of guanidine groups is 1. The Morgan fingerprint density at radius 3 is 2.58 bits per heavy atom. The average Bonchev–Trinajstić information content (AvgIpc) is 2.64. The summed E-state index contributed by atoms with van der Waals surface area (Å²) >= 11 is 0. The van der Waals surface area contributed by atoms with Crippen LogP contribution in [0, 0.1) is 0 Å². The second kappa shape index (κ2) is 9.57. The van der Waals surface area contributed by atoms with Gasteiger partial charge in [-0.25, -0.2) is 4.99 Å². The molecule has 0 radical (unpaired) electrons. The zero-order valence-corrected chi connectivity index (χ0v) is 14.2. The molecular formula is C19H25N3O2. The van der Waals surface area contributed by atoms with Gasteiger partial charge in [0.05, 0.1) is 20.3 Å². The Labute approximate surface area is 143 Å². The van der Waals surface area contributed by atoms with Gasteiger partial charge in [-0.1, -0.05) is 36.4 Å². The predicted octanol–water partition coefficient (Wildman–Crippen LogP) is 2.44. The number of nitrogens with zero attached hydrogens (tertiary/aromatic N) is 1. The fraction of sp³-hybridized carbons (Fsp3) is 0.316. The minimum atomic E-state index is 0.0370. The van der Waals surface area contributed by atoms with Crippen LogP contribution in [0.25, 0.3) is 0 Å².